The molecule has 2 aliphatic heterocycles. The minimum absolute atomic E-state index is 0.178. The van der Waals surface area contributed by atoms with Crippen LogP contribution in [0.3, 0.4) is 0 Å². The molecule has 28 heavy (non-hydrogen) atoms. The molecule has 2 saturated heterocycles. The van der Waals surface area contributed by atoms with Gasteiger partial charge in [-0.05, 0) is 62.1 Å². The van der Waals surface area contributed by atoms with E-state index in [0.717, 1.165) is 50.1 Å². The summed E-state index contributed by atoms with van der Waals surface area (Å²) in [6, 6.07) is 17.1. The molecule has 0 bridgehead atoms. The highest BCUT2D eigenvalue weighted by molar-refractivity contribution is 7.18. The second kappa shape index (κ2) is 7.64. The van der Waals surface area contributed by atoms with Gasteiger partial charge in [-0.25, -0.2) is 4.98 Å². The van der Waals surface area contributed by atoms with E-state index in [0.29, 0.717) is 6.04 Å². The van der Waals surface area contributed by atoms with E-state index in [2.05, 4.69) is 41.3 Å². The molecular weight excluding hydrogens is 366 g/mol. The molecule has 0 aliphatic carbocycles. The predicted molar refractivity (Wildman–Crippen MR) is 114 cm³/mol. The Morgan fingerprint density at radius 1 is 1.00 bits per heavy atom. The van der Waals surface area contributed by atoms with Gasteiger partial charge in [0, 0.05) is 25.2 Å². The number of carbonyl (C=O) groups excluding carboxylic acids is 1. The van der Waals surface area contributed by atoms with Gasteiger partial charge in [-0.3, -0.25) is 9.69 Å². The van der Waals surface area contributed by atoms with Crippen LogP contribution in [0.4, 0.5) is 0 Å². The fourth-order valence-electron chi connectivity index (χ4n) is 4.42. The van der Waals surface area contributed by atoms with Crippen molar-refractivity contribution < 1.29 is 4.79 Å². The average molecular weight is 392 g/mol. The van der Waals surface area contributed by atoms with Crippen LogP contribution in [0, 0.1) is 0 Å². The van der Waals surface area contributed by atoms with E-state index in [9.17, 15) is 4.79 Å². The number of carbonyl (C=O) groups is 1. The quantitative estimate of drug-likeness (QED) is 0.637. The van der Waals surface area contributed by atoms with Crippen LogP contribution in [-0.4, -0.2) is 40.3 Å². The van der Waals surface area contributed by atoms with Crippen molar-refractivity contribution in [3.63, 3.8) is 0 Å². The lowest BCUT2D eigenvalue weighted by molar-refractivity contribution is 0.0793. The second-order valence-corrected chi connectivity index (χ2v) is 8.91. The van der Waals surface area contributed by atoms with Crippen LogP contribution in [0.15, 0.2) is 48.5 Å². The van der Waals surface area contributed by atoms with Crippen molar-refractivity contribution in [3.8, 4) is 0 Å². The number of para-hydroxylation sites is 1. The number of fused-ring (bicyclic) bond motifs is 1. The van der Waals surface area contributed by atoms with Crippen LogP contribution >= 0.6 is 11.3 Å². The van der Waals surface area contributed by atoms with E-state index in [4.69, 9.17) is 4.98 Å². The summed E-state index contributed by atoms with van der Waals surface area (Å²) in [5.74, 6) is 0.178. The maximum absolute atomic E-state index is 12.5. The number of benzene rings is 2. The summed E-state index contributed by atoms with van der Waals surface area (Å²) in [7, 11) is 0. The molecule has 3 heterocycles. The van der Waals surface area contributed by atoms with Gasteiger partial charge in [0.25, 0.3) is 5.91 Å². The van der Waals surface area contributed by atoms with Crippen LogP contribution < -0.4 is 0 Å². The summed E-state index contributed by atoms with van der Waals surface area (Å²) in [6.45, 7) is 3.82. The molecule has 0 saturated carbocycles. The van der Waals surface area contributed by atoms with Crippen molar-refractivity contribution in [3.05, 3.63) is 64.7 Å². The molecule has 1 aromatic heterocycles. The van der Waals surface area contributed by atoms with Crippen molar-refractivity contribution in [2.24, 2.45) is 0 Å². The number of likely N-dealkylation sites (tertiary alicyclic amines) is 2. The van der Waals surface area contributed by atoms with Gasteiger partial charge in [-0.15, -0.1) is 11.3 Å². The predicted octanol–water partition coefficient (Wildman–Crippen LogP) is 4.87. The van der Waals surface area contributed by atoms with E-state index in [1.54, 1.807) is 0 Å². The standard InChI is InChI=1S/C23H25N3OS/c27-23(25-13-3-4-14-25)18-11-9-17(10-12-18)16-26-15-5-7-20(26)22-24-19-6-1-2-8-21(19)28-22/h1-2,6,8-12,20H,3-5,7,13-16H2. The zero-order chi connectivity index (χ0) is 18.9. The van der Waals surface area contributed by atoms with Gasteiger partial charge in [0.2, 0.25) is 0 Å². The Bertz CT molecular complexity index is 942. The number of rotatable bonds is 4. The molecule has 1 amide bonds. The van der Waals surface area contributed by atoms with E-state index < -0.39 is 0 Å². The third-order valence-electron chi connectivity index (χ3n) is 5.94. The molecule has 1 atom stereocenters. The summed E-state index contributed by atoms with van der Waals surface area (Å²) < 4.78 is 1.27. The smallest absolute Gasteiger partial charge is 0.253 e. The Balaban J connectivity index is 1.30. The lowest BCUT2D eigenvalue weighted by Gasteiger charge is -2.23. The lowest BCUT2D eigenvalue weighted by atomic mass is 10.1. The molecule has 5 heteroatoms. The fourth-order valence-corrected chi connectivity index (χ4v) is 5.55. The van der Waals surface area contributed by atoms with Gasteiger partial charge in [-0.2, -0.15) is 0 Å². The normalized spacial score (nSPS) is 20.3. The van der Waals surface area contributed by atoms with E-state index >= 15 is 0 Å². The first-order chi connectivity index (χ1) is 13.8. The molecule has 2 aliphatic rings. The monoisotopic (exact) mass is 391 g/mol. The summed E-state index contributed by atoms with van der Waals surface area (Å²) in [4.78, 5) is 21.9. The Morgan fingerprint density at radius 2 is 1.79 bits per heavy atom. The third-order valence-corrected chi connectivity index (χ3v) is 7.08. The first-order valence-electron chi connectivity index (χ1n) is 10.3. The highest BCUT2D eigenvalue weighted by Crippen LogP contribution is 2.37. The molecule has 0 N–H and O–H groups in total. The van der Waals surface area contributed by atoms with Crippen molar-refractivity contribution in [2.75, 3.05) is 19.6 Å². The Kier molecular flexibility index (Phi) is 4.87. The van der Waals surface area contributed by atoms with Crippen molar-refractivity contribution >= 4 is 27.5 Å². The minimum Gasteiger partial charge on any atom is -0.339 e. The van der Waals surface area contributed by atoms with Gasteiger partial charge < -0.3 is 4.90 Å². The van der Waals surface area contributed by atoms with Crippen LogP contribution in [0.1, 0.15) is 52.7 Å². The number of hydrogen-bond donors (Lipinski definition) is 0. The zero-order valence-electron chi connectivity index (χ0n) is 16.0. The zero-order valence-corrected chi connectivity index (χ0v) is 16.8. The van der Waals surface area contributed by atoms with E-state index in [1.165, 1.54) is 28.1 Å². The fraction of sp³-hybridized carbons (Fsp3) is 0.391. The molecular formula is C23H25N3OS. The van der Waals surface area contributed by atoms with Gasteiger partial charge in [-0.1, -0.05) is 24.3 Å². The first kappa shape index (κ1) is 17.8. The Labute approximate surface area is 169 Å². The van der Waals surface area contributed by atoms with Crippen molar-refractivity contribution in [1.29, 1.82) is 0 Å². The Hall–Kier alpha value is -2.24. The molecule has 0 radical (unpaired) electrons. The van der Waals surface area contributed by atoms with Crippen LogP contribution in [0.5, 0.6) is 0 Å². The van der Waals surface area contributed by atoms with Crippen molar-refractivity contribution in [2.45, 2.75) is 38.3 Å². The molecule has 144 valence electrons. The minimum atomic E-state index is 0.178. The molecule has 1 unspecified atom stereocenters. The van der Waals surface area contributed by atoms with Crippen molar-refractivity contribution in [1.82, 2.24) is 14.8 Å². The van der Waals surface area contributed by atoms with Gasteiger partial charge >= 0.3 is 0 Å². The maximum atomic E-state index is 12.5. The number of aromatic nitrogens is 1. The average Bonchev–Trinajstić information content (AvgIpc) is 3.47. The molecule has 4 nitrogen and oxygen atoms in total. The molecule has 3 aromatic rings. The molecule has 2 aromatic carbocycles. The molecule has 5 rings (SSSR count). The van der Waals surface area contributed by atoms with Gasteiger partial charge in [0.1, 0.15) is 5.01 Å². The van der Waals surface area contributed by atoms with Gasteiger partial charge in [0.15, 0.2) is 0 Å². The number of nitrogens with zero attached hydrogens (tertiary/aromatic N) is 3. The van der Waals surface area contributed by atoms with Crippen LogP contribution in [0.2, 0.25) is 0 Å². The van der Waals surface area contributed by atoms with Crippen LogP contribution in [-0.2, 0) is 6.54 Å². The summed E-state index contributed by atoms with van der Waals surface area (Å²) in [5.41, 5.74) is 3.19. The number of amides is 1. The summed E-state index contributed by atoms with van der Waals surface area (Å²) in [5, 5.41) is 1.24. The number of thiazole rings is 1. The largest absolute Gasteiger partial charge is 0.339 e. The Morgan fingerprint density at radius 3 is 2.57 bits per heavy atom. The topological polar surface area (TPSA) is 36.4 Å². The first-order valence-corrected chi connectivity index (χ1v) is 11.1. The summed E-state index contributed by atoms with van der Waals surface area (Å²) in [6.07, 6.45) is 4.65. The highest BCUT2D eigenvalue weighted by atomic mass is 32.1. The summed E-state index contributed by atoms with van der Waals surface area (Å²) >= 11 is 1.83. The second-order valence-electron chi connectivity index (χ2n) is 7.84. The van der Waals surface area contributed by atoms with E-state index in [1.807, 2.05) is 28.4 Å². The maximum Gasteiger partial charge on any atom is 0.253 e. The van der Waals surface area contributed by atoms with Crippen LogP contribution in [0.25, 0.3) is 10.2 Å². The number of hydrogen-bond acceptors (Lipinski definition) is 4. The highest BCUT2D eigenvalue weighted by Gasteiger charge is 2.28. The third kappa shape index (κ3) is 3.45. The lowest BCUT2D eigenvalue weighted by Crippen LogP contribution is -2.27. The van der Waals surface area contributed by atoms with E-state index in [-0.39, 0.29) is 5.91 Å². The SMILES string of the molecule is O=C(c1ccc(CN2CCCC2c2nc3ccccc3s2)cc1)N1CCCC1. The molecule has 0 spiro atoms. The molecule has 2 fully saturated rings. The van der Waals surface area contributed by atoms with Gasteiger partial charge in [0.05, 0.1) is 16.3 Å².